The van der Waals surface area contributed by atoms with Gasteiger partial charge in [-0.3, -0.25) is 15.6 Å². The van der Waals surface area contributed by atoms with Gasteiger partial charge < -0.3 is 0 Å². The van der Waals surface area contributed by atoms with Gasteiger partial charge in [-0.2, -0.15) is 0 Å². The average molecular weight is 291 g/mol. The number of rotatable bonds is 4. The first-order valence-corrected chi connectivity index (χ1v) is 6.21. The van der Waals surface area contributed by atoms with E-state index in [0.717, 1.165) is 0 Å². The topological polar surface area (TPSA) is 41.1 Å². The molecule has 2 aromatic rings. The van der Waals surface area contributed by atoms with Crippen LogP contribution in [0.5, 0.6) is 0 Å². The van der Waals surface area contributed by atoms with Crippen LogP contribution in [0.4, 0.5) is 4.39 Å². The fourth-order valence-electron chi connectivity index (χ4n) is 1.56. The molecule has 0 saturated carbocycles. The molecule has 0 aliphatic carbocycles. The van der Waals surface area contributed by atoms with E-state index in [-0.39, 0.29) is 11.7 Å². The highest BCUT2D eigenvalue weighted by Crippen LogP contribution is 2.11. The van der Waals surface area contributed by atoms with Gasteiger partial charge in [-0.1, -0.05) is 24.2 Å². The Morgan fingerprint density at radius 1 is 1.05 bits per heavy atom. The van der Waals surface area contributed by atoms with Crippen molar-refractivity contribution in [2.75, 3.05) is 0 Å². The van der Waals surface area contributed by atoms with Crippen molar-refractivity contribution in [2.45, 2.75) is 0 Å². The molecule has 2 N–H and O–H groups in total. The molecule has 3 nitrogen and oxygen atoms in total. The zero-order chi connectivity index (χ0) is 14.5. The molecular weight excluding hydrogens is 279 g/mol. The first kappa shape index (κ1) is 14.1. The molecule has 0 spiro atoms. The fourth-order valence-corrected chi connectivity index (χ4v) is 1.75. The summed E-state index contributed by atoms with van der Waals surface area (Å²) in [4.78, 5) is 11.9. The van der Waals surface area contributed by atoms with Crippen molar-refractivity contribution >= 4 is 23.2 Å². The van der Waals surface area contributed by atoms with Crippen LogP contribution in [0.3, 0.4) is 0 Å². The van der Waals surface area contributed by atoms with E-state index < -0.39 is 0 Å². The summed E-state index contributed by atoms with van der Waals surface area (Å²) < 4.78 is 12.8. The molecule has 0 fully saturated rings. The molecular formula is C15H12ClFN2O. The number of benzene rings is 2. The minimum atomic E-state index is -0.337. The van der Waals surface area contributed by atoms with Crippen molar-refractivity contribution in [3.63, 3.8) is 0 Å². The summed E-state index contributed by atoms with van der Waals surface area (Å²) >= 11 is 5.81. The van der Waals surface area contributed by atoms with Gasteiger partial charge in [-0.25, -0.2) is 4.39 Å². The van der Waals surface area contributed by atoms with Gasteiger partial charge in [-0.15, -0.1) is 0 Å². The van der Waals surface area contributed by atoms with Gasteiger partial charge in [0.05, 0.1) is 5.70 Å². The van der Waals surface area contributed by atoms with E-state index in [4.69, 9.17) is 11.6 Å². The summed E-state index contributed by atoms with van der Waals surface area (Å²) in [5, 5.41) is 0.481. The van der Waals surface area contributed by atoms with Crippen LogP contribution in [-0.4, -0.2) is 5.91 Å². The summed E-state index contributed by atoms with van der Waals surface area (Å²) in [5.41, 5.74) is 6.74. The third-order valence-corrected chi connectivity index (χ3v) is 2.84. The van der Waals surface area contributed by atoms with Crippen LogP contribution in [0, 0.1) is 5.82 Å². The van der Waals surface area contributed by atoms with Gasteiger partial charge in [-0.05, 0) is 48.0 Å². The third-order valence-electron chi connectivity index (χ3n) is 2.61. The van der Waals surface area contributed by atoms with E-state index in [9.17, 15) is 9.18 Å². The lowest BCUT2D eigenvalue weighted by Gasteiger charge is -2.11. The molecule has 20 heavy (non-hydrogen) atoms. The molecule has 0 unspecified atom stereocenters. The molecule has 2 rings (SSSR count). The molecule has 0 atom stereocenters. The highest BCUT2D eigenvalue weighted by molar-refractivity contribution is 6.30. The Labute approximate surface area is 121 Å². The molecule has 5 heteroatoms. The van der Waals surface area contributed by atoms with Crippen molar-refractivity contribution in [3.8, 4) is 0 Å². The van der Waals surface area contributed by atoms with Crippen molar-refractivity contribution in [3.05, 3.63) is 77.1 Å². The number of amides is 1. The largest absolute Gasteiger partial charge is 0.298 e. The Bertz CT molecular complexity index is 641. The van der Waals surface area contributed by atoms with Crippen LogP contribution in [0.1, 0.15) is 15.9 Å². The quantitative estimate of drug-likeness (QED) is 0.848. The zero-order valence-corrected chi connectivity index (χ0v) is 11.2. The molecule has 1 amide bonds. The van der Waals surface area contributed by atoms with E-state index in [2.05, 4.69) is 17.4 Å². The molecule has 0 heterocycles. The van der Waals surface area contributed by atoms with Crippen LogP contribution in [0.15, 0.2) is 55.1 Å². The lowest BCUT2D eigenvalue weighted by atomic mass is 10.2. The molecule has 0 aromatic heterocycles. The lowest BCUT2D eigenvalue weighted by Crippen LogP contribution is -2.35. The first-order chi connectivity index (χ1) is 9.56. The highest BCUT2D eigenvalue weighted by Gasteiger charge is 2.06. The number of halogens is 2. The van der Waals surface area contributed by atoms with Gasteiger partial charge >= 0.3 is 0 Å². The summed E-state index contributed by atoms with van der Waals surface area (Å²) in [5.74, 6) is -0.666. The van der Waals surface area contributed by atoms with Gasteiger partial charge in [0.15, 0.2) is 0 Å². The Morgan fingerprint density at radius 2 is 1.75 bits per heavy atom. The maximum Gasteiger partial charge on any atom is 0.269 e. The predicted molar refractivity (Wildman–Crippen MR) is 77.5 cm³/mol. The van der Waals surface area contributed by atoms with Crippen LogP contribution in [-0.2, 0) is 0 Å². The van der Waals surface area contributed by atoms with E-state index in [1.54, 1.807) is 36.4 Å². The van der Waals surface area contributed by atoms with Crippen molar-refractivity contribution in [1.29, 1.82) is 0 Å². The third kappa shape index (κ3) is 3.59. The summed E-state index contributed by atoms with van der Waals surface area (Å²) in [7, 11) is 0. The normalized spacial score (nSPS) is 9.90. The van der Waals surface area contributed by atoms with Crippen LogP contribution in [0.2, 0.25) is 5.02 Å². The fraction of sp³-hybridized carbons (Fsp3) is 0. The second kappa shape index (κ2) is 6.21. The molecule has 102 valence electrons. The maximum absolute atomic E-state index is 12.8. The van der Waals surface area contributed by atoms with Crippen LogP contribution in [0.25, 0.3) is 5.70 Å². The highest BCUT2D eigenvalue weighted by atomic mass is 35.5. The molecule has 0 bridgehead atoms. The Hall–Kier alpha value is -2.33. The Kier molecular flexibility index (Phi) is 4.38. The molecule has 2 aromatic carbocycles. The van der Waals surface area contributed by atoms with Crippen molar-refractivity contribution < 1.29 is 9.18 Å². The van der Waals surface area contributed by atoms with Crippen LogP contribution < -0.4 is 10.9 Å². The average Bonchev–Trinajstić information content (AvgIpc) is 2.45. The number of carbonyl (C=O) groups is 1. The second-order valence-electron chi connectivity index (χ2n) is 4.07. The minimum Gasteiger partial charge on any atom is -0.298 e. The monoisotopic (exact) mass is 290 g/mol. The molecule has 0 saturated heterocycles. The second-order valence-corrected chi connectivity index (χ2v) is 4.51. The Morgan fingerprint density at radius 3 is 2.40 bits per heavy atom. The van der Waals surface area contributed by atoms with Crippen molar-refractivity contribution in [1.82, 2.24) is 10.9 Å². The number of hydrazine groups is 1. The molecule has 0 aliphatic rings. The van der Waals surface area contributed by atoms with Gasteiger partial charge in [0, 0.05) is 10.6 Å². The maximum atomic E-state index is 12.8. The van der Waals surface area contributed by atoms with E-state index in [1.165, 1.54) is 12.1 Å². The van der Waals surface area contributed by atoms with E-state index >= 15 is 0 Å². The van der Waals surface area contributed by atoms with Gasteiger partial charge in [0.25, 0.3) is 5.91 Å². The number of nitrogens with one attached hydrogen (secondary N) is 2. The number of carbonyl (C=O) groups excluding carboxylic acids is 1. The minimum absolute atomic E-state index is 0.329. The summed E-state index contributed by atoms with van der Waals surface area (Å²) in [6.45, 7) is 3.76. The molecule has 0 aliphatic heterocycles. The number of hydrogen-bond acceptors (Lipinski definition) is 2. The first-order valence-electron chi connectivity index (χ1n) is 5.83. The van der Waals surface area contributed by atoms with Crippen LogP contribution >= 0.6 is 11.6 Å². The Balaban J connectivity index is 1.96. The van der Waals surface area contributed by atoms with Crippen molar-refractivity contribution in [2.24, 2.45) is 0 Å². The SMILES string of the molecule is C=C(NNC(=O)c1cccc(Cl)c1)c1ccc(F)cc1. The van der Waals surface area contributed by atoms with Gasteiger partial charge in [0.1, 0.15) is 5.82 Å². The predicted octanol–water partition coefficient (Wildman–Crippen LogP) is 3.38. The summed E-state index contributed by atoms with van der Waals surface area (Å²) in [6, 6.07) is 12.3. The summed E-state index contributed by atoms with van der Waals surface area (Å²) in [6.07, 6.45) is 0. The van der Waals surface area contributed by atoms with Gasteiger partial charge in [0.2, 0.25) is 0 Å². The standard InChI is InChI=1S/C15H12ClFN2O/c1-10(11-5-7-14(17)8-6-11)18-19-15(20)12-3-2-4-13(16)9-12/h2-9,18H,1H2,(H,19,20). The molecule has 0 radical (unpaired) electrons. The van der Waals surface area contributed by atoms with E-state index in [0.29, 0.717) is 21.8 Å². The zero-order valence-electron chi connectivity index (χ0n) is 10.5. The smallest absolute Gasteiger partial charge is 0.269 e. The van der Waals surface area contributed by atoms with E-state index in [1.807, 2.05) is 0 Å². The number of hydrogen-bond donors (Lipinski definition) is 2. The lowest BCUT2D eigenvalue weighted by molar-refractivity contribution is 0.0942.